The van der Waals surface area contributed by atoms with Gasteiger partial charge in [0.1, 0.15) is 5.75 Å². The topological polar surface area (TPSA) is 79.3 Å². The van der Waals surface area contributed by atoms with Gasteiger partial charge in [0.05, 0.1) is 10.7 Å². The molecule has 0 bridgehead atoms. The molecule has 0 N–H and O–H groups in total. The highest BCUT2D eigenvalue weighted by Crippen LogP contribution is 2.23. The van der Waals surface area contributed by atoms with Crippen LogP contribution in [-0.4, -0.2) is 23.3 Å². The molecule has 5 nitrogen and oxygen atoms in total. The molecule has 7 heteroatoms. The summed E-state index contributed by atoms with van der Waals surface area (Å²) in [7, 11) is 0. The van der Waals surface area contributed by atoms with Gasteiger partial charge < -0.3 is 14.6 Å². The summed E-state index contributed by atoms with van der Waals surface area (Å²) in [6, 6.07) is 6.80. The third-order valence-corrected chi connectivity index (χ3v) is 3.56. The van der Waals surface area contributed by atoms with Crippen LogP contribution >= 0.6 is 22.9 Å². The molecule has 104 valence electrons. The summed E-state index contributed by atoms with van der Waals surface area (Å²) in [6.07, 6.45) is -0.310. The number of hydrogen-bond acceptors (Lipinski definition) is 6. The van der Waals surface area contributed by atoms with E-state index in [1.54, 1.807) is 24.3 Å². The lowest BCUT2D eigenvalue weighted by Crippen LogP contribution is -2.24. The maximum absolute atomic E-state index is 11.8. The van der Waals surface area contributed by atoms with E-state index in [0.717, 1.165) is 11.3 Å². The lowest BCUT2D eigenvalue weighted by molar-refractivity contribution is -0.304. The van der Waals surface area contributed by atoms with E-state index in [4.69, 9.17) is 16.3 Å². The summed E-state index contributed by atoms with van der Waals surface area (Å²) in [4.78, 5) is 26.2. The minimum Gasteiger partial charge on any atom is -0.550 e. The maximum atomic E-state index is 11.8. The van der Waals surface area contributed by atoms with E-state index in [9.17, 15) is 14.7 Å². The molecule has 1 aromatic heterocycles. The van der Waals surface area contributed by atoms with Crippen molar-refractivity contribution < 1.29 is 19.4 Å². The number of benzene rings is 1. The second-order valence-electron chi connectivity index (χ2n) is 3.84. The Balaban J connectivity index is 1.97. The average molecular weight is 311 g/mol. The summed E-state index contributed by atoms with van der Waals surface area (Å²) in [5, 5.41) is 12.6. The largest absolute Gasteiger partial charge is 0.550 e. The molecular formula is C13H9ClNO4S-. The monoisotopic (exact) mass is 310 g/mol. The van der Waals surface area contributed by atoms with Gasteiger partial charge in [0, 0.05) is 17.8 Å². The summed E-state index contributed by atoms with van der Waals surface area (Å²) >= 11 is 6.97. The van der Waals surface area contributed by atoms with Crippen molar-refractivity contribution in [1.29, 1.82) is 0 Å². The van der Waals surface area contributed by atoms with Crippen LogP contribution in [0, 0.1) is 0 Å². The van der Waals surface area contributed by atoms with Crippen molar-refractivity contribution in [2.45, 2.75) is 6.42 Å². The fourth-order valence-electron chi connectivity index (χ4n) is 1.43. The van der Waals surface area contributed by atoms with E-state index in [0.29, 0.717) is 16.5 Å². The number of halogens is 1. The molecule has 0 unspecified atom stereocenters. The molecule has 1 heterocycles. The summed E-state index contributed by atoms with van der Waals surface area (Å²) in [6.45, 7) is -0.206. The Morgan fingerprint density at radius 2 is 2.10 bits per heavy atom. The molecule has 0 saturated carbocycles. The van der Waals surface area contributed by atoms with Crippen LogP contribution in [0.2, 0.25) is 5.02 Å². The van der Waals surface area contributed by atoms with E-state index in [1.165, 1.54) is 5.38 Å². The number of carboxylic acid groups (broad SMARTS) is 1. The Morgan fingerprint density at radius 3 is 2.80 bits per heavy atom. The van der Waals surface area contributed by atoms with Gasteiger partial charge in [-0.05, 0) is 12.1 Å². The van der Waals surface area contributed by atoms with E-state index in [1.807, 2.05) is 0 Å². The molecule has 0 fully saturated rings. The smallest absolute Gasteiger partial charge is 0.228 e. The van der Waals surface area contributed by atoms with E-state index >= 15 is 0 Å². The molecular weight excluding hydrogens is 302 g/mol. The van der Waals surface area contributed by atoms with Crippen LogP contribution in [0.1, 0.15) is 15.5 Å². The van der Waals surface area contributed by atoms with Crippen molar-refractivity contribution in [3.05, 3.63) is 45.4 Å². The third kappa shape index (κ3) is 3.79. The highest BCUT2D eigenvalue weighted by atomic mass is 35.5. The SMILES string of the molecule is O=C([O-])Cc1csc(C(=O)COc2ccccc2Cl)n1. The molecule has 0 atom stereocenters. The Labute approximate surface area is 123 Å². The van der Waals surface area contributed by atoms with Gasteiger partial charge in [-0.25, -0.2) is 4.98 Å². The number of carbonyl (C=O) groups excluding carboxylic acids is 2. The van der Waals surface area contributed by atoms with Crippen LogP contribution in [0.5, 0.6) is 5.75 Å². The van der Waals surface area contributed by atoms with E-state index in [2.05, 4.69) is 4.98 Å². The Kier molecular flexibility index (Phi) is 4.70. The van der Waals surface area contributed by atoms with Crippen LogP contribution in [-0.2, 0) is 11.2 Å². The molecule has 0 amide bonds. The zero-order valence-corrected chi connectivity index (χ0v) is 11.7. The molecule has 2 rings (SSSR count). The zero-order chi connectivity index (χ0) is 14.5. The number of para-hydroxylation sites is 1. The second-order valence-corrected chi connectivity index (χ2v) is 5.10. The van der Waals surface area contributed by atoms with Gasteiger partial charge in [0.15, 0.2) is 11.6 Å². The molecule has 0 aliphatic carbocycles. The number of aromatic nitrogens is 1. The first-order valence-corrected chi connectivity index (χ1v) is 6.87. The molecule has 2 aromatic rings. The Morgan fingerprint density at radius 1 is 1.35 bits per heavy atom. The number of rotatable bonds is 6. The van der Waals surface area contributed by atoms with Gasteiger partial charge in [0.25, 0.3) is 0 Å². The standard InChI is InChI=1S/C13H10ClNO4S/c14-9-3-1-2-4-11(9)19-6-10(16)13-15-8(7-20-13)5-12(17)18/h1-4,7H,5-6H2,(H,17,18)/p-1. The van der Waals surface area contributed by atoms with Crippen molar-refractivity contribution in [1.82, 2.24) is 4.98 Å². The van der Waals surface area contributed by atoms with Gasteiger partial charge in [-0.2, -0.15) is 0 Å². The normalized spacial score (nSPS) is 10.2. The number of thiazole rings is 1. The van der Waals surface area contributed by atoms with E-state index in [-0.39, 0.29) is 23.8 Å². The lowest BCUT2D eigenvalue weighted by atomic mass is 10.3. The van der Waals surface area contributed by atoms with Gasteiger partial charge in [0.2, 0.25) is 5.78 Å². The first-order chi connectivity index (χ1) is 9.56. The Hall–Kier alpha value is -1.92. The van der Waals surface area contributed by atoms with Crippen molar-refractivity contribution in [3.8, 4) is 5.75 Å². The van der Waals surface area contributed by atoms with Crippen molar-refractivity contribution >= 4 is 34.7 Å². The first-order valence-electron chi connectivity index (χ1n) is 5.61. The number of ether oxygens (including phenoxy) is 1. The Bertz CT molecular complexity index is 641. The fourth-order valence-corrected chi connectivity index (χ4v) is 2.37. The van der Waals surface area contributed by atoms with Crippen molar-refractivity contribution in [3.63, 3.8) is 0 Å². The van der Waals surface area contributed by atoms with Crippen LogP contribution in [0.15, 0.2) is 29.6 Å². The number of carbonyl (C=O) groups is 2. The van der Waals surface area contributed by atoms with Crippen LogP contribution < -0.4 is 9.84 Å². The molecule has 0 radical (unpaired) electrons. The van der Waals surface area contributed by atoms with Crippen LogP contribution in [0.3, 0.4) is 0 Å². The summed E-state index contributed by atoms with van der Waals surface area (Å²) in [5.74, 6) is -1.16. The maximum Gasteiger partial charge on any atom is 0.228 e. The molecule has 20 heavy (non-hydrogen) atoms. The highest BCUT2D eigenvalue weighted by Gasteiger charge is 2.13. The molecule has 0 spiro atoms. The van der Waals surface area contributed by atoms with Crippen molar-refractivity contribution in [2.75, 3.05) is 6.61 Å². The first kappa shape index (κ1) is 14.5. The minimum absolute atomic E-state index is 0.202. The number of nitrogens with zero attached hydrogens (tertiary/aromatic N) is 1. The number of carboxylic acids is 1. The number of Topliss-reactive ketones (excluding diaryl/α,β-unsaturated/α-hetero) is 1. The summed E-state index contributed by atoms with van der Waals surface area (Å²) < 4.78 is 5.30. The predicted molar refractivity (Wildman–Crippen MR) is 72.1 cm³/mol. The van der Waals surface area contributed by atoms with Gasteiger partial charge in [-0.1, -0.05) is 23.7 Å². The molecule has 0 aliphatic rings. The lowest BCUT2D eigenvalue weighted by Gasteiger charge is -2.05. The van der Waals surface area contributed by atoms with Gasteiger partial charge in [-0.15, -0.1) is 11.3 Å². The van der Waals surface area contributed by atoms with Crippen LogP contribution in [0.25, 0.3) is 0 Å². The van der Waals surface area contributed by atoms with Gasteiger partial charge >= 0.3 is 0 Å². The molecule has 0 aliphatic heterocycles. The number of hydrogen-bond donors (Lipinski definition) is 0. The average Bonchev–Trinajstić information content (AvgIpc) is 2.85. The van der Waals surface area contributed by atoms with Crippen LogP contribution in [0.4, 0.5) is 0 Å². The zero-order valence-electron chi connectivity index (χ0n) is 10.2. The predicted octanol–water partition coefficient (Wildman–Crippen LogP) is 1.35. The quantitative estimate of drug-likeness (QED) is 0.752. The highest BCUT2D eigenvalue weighted by molar-refractivity contribution is 7.11. The number of ketones is 1. The van der Waals surface area contributed by atoms with Gasteiger partial charge in [-0.3, -0.25) is 4.79 Å². The fraction of sp³-hybridized carbons (Fsp3) is 0.154. The van der Waals surface area contributed by atoms with Crippen molar-refractivity contribution in [2.24, 2.45) is 0 Å². The molecule has 0 saturated heterocycles. The summed E-state index contributed by atoms with van der Waals surface area (Å²) in [5.41, 5.74) is 0.302. The third-order valence-electron chi connectivity index (χ3n) is 2.31. The number of aliphatic carboxylic acids is 1. The minimum atomic E-state index is -1.23. The van der Waals surface area contributed by atoms with E-state index < -0.39 is 5.97 Å². The molecule has 1 aromatic carbocycles. The second kappa shape index (κ2) is 6.49.